The topological polar surface area (TPSA) is 90.0 Å². The van der Waals surface area contributed by atoms with Gasteiger partial charge in [-0.3, -0.25) is 9.59 Å². The van der Waals surface area contributed by atoms with E-state index < -0.39 is 5.56 Å². The van der Waals surface area contributed by atoms with Gasteiger partial charge in [0.05, 0.1) is 4.88 Å². The number of carbonyl (C=O) groups is 1. The largest absolute Gasteiger partial charge is 0.394 e. The minimum atomic E-state index is -0.428. The highest BCUT2D eigenvalue weighted by atomic mass is 32.1. The number of nitrogens with two attached hydrogens (primary N) is 1. The van der Waals surface area contributed by atoms with Crippen molar-refractivity contribution in [2.45, 2.75) is 52.1 Å². The minimum absolute atomic E-state index is 0.0435. The molecular formula is C20H26N4O2S. The summed E-state index contributed by atoms with van der Waals surface area (Å²) in [4.78, 5) is 26.2. The van der Waals surface area contributed by atoms with E-state index in [-0.39, 0.29) is 29.1 Å². The molecule has 2 heterocycles. The minimum Gasteiger partial charge on any atom is -0.394 e. The summed E-state index contributed by atoms with van der Waals surface area (Å²) < 4.78 is 1.18. The molecular weight excluding hydrogens is 360 g/mol. The molecule has 2 aromatic heterocycles. The van der Waals surface area contributed by atoms with Crippen molar-refractivity contribution in [3.63, 3.8) is 0 Å². The number of nitrogens with one attached hydrogen (secondary N) is 1. The maximum absolute atomic E-state index is 12.9. The number of carbonyl (C=O) groups excluding carboxylic acids is 1. The van der Waals surface area contributed by atoms with Crippen molar-refractivity contribution in [2.75, 3.05) is 5.73 Å². The Morgan fingerprint density at radius 3 is 2.74 bits per heavy atom. The smallest absolute Gasteiger partial charge is 0.290 e. The molecule has 2 aliphatic carbocycles. The Morgan fingerprint density at radius 2 is 2.11 bits per heavy atom. The van der Waals surface area contributed by atoms with E-state index in [1.165, 1.54) is 28.9 Å². The zero-order chi connectivity index (χ0) is 19.4. The Bertz CT molecular complexity index is 934. The highest BCUT2D eigenvalue weighted by molar-refractivity contribution is 7.13. The number of hydrogen-bond acceptors (Lipinski definition) is 5. The predicted octanol–water partition coefficient (Wildman–Crippen LogP) is 2.89. The first-order valence-corrected chi connectivity index (χ1v) is 10.3. The summed E-state index contributed by atoms with van der Waals surface area (Å²) in [6.45, 7) is 6.53. The van der Waals surface area contributed by atoms with Crippen LogP contribution in [-0.2, 0) is 11.3 Å². The lowest BCUT2D eigenvalue weighted by Gasteiger charge is -2.48. The number of hydrogen-bond donors (Lipinski definition) is 2. The van der Waals surface area contributed by atoms with Crippen LogP contribution in [0.2, 0.25) is 0 Å². The highest BCUT2D eigenvalue weighted by Gasteiger charge is 2.60. The lowest BCUT2D eigenvalue weighted by Crippen LogP contribution is -2.60. The van der Waals surface area contributed by atoms with Gasteiger partial charge in [0.15, 0.2) is 0 Å². The molecule has 0 radical (unpaired) electrons. The predicted molar refractivity (Wildman–Crippen MR) is 107 cm³/mol. The van der Waals surface area contributed by atoms with Gasteiger partial charge in [0, 0.05) is 5.54 Å². The Kier molecular flexibility index (Phi) is 4.18. The first-order valence-electron chi connectivity index (χ1n) is 9.45. The Hall–Kier alpha value is -2.15. The van der Waals surface area contributed by atoms with Crippen molar-refractivity contribution in [1.82, 2.24) is 15.1 Å². The number of thiophene rings is 1. The molecule has 0 aromatic carbocycles. The van der Waals surface area contributed by atoms with Gasteiger partial charge in [0.1, 0.15) is 17.9 Å². The first kappa shape index (κ1) is 18.2. The Balaban J connectivity index is 1.58. The SMILES string of the molecule is CC1(C)[C@H]2CC[C@@H](C2)[C@]1(C)NC(=O)Cn1nc(-c2cccs2)cc(N)c1=O. The van der Waals surface area contributed by atoms with Gasteiger partial charge in [0.2, 0.25) is 5.91 Å². The summed E-state index contributed by atoms with van der Waals surface area (Å²) >= 11 is 1.52. The molecule has 7 heteroatoms. The van der Waals surface area contributed by atoms with Crippen molar-refractivity contribution < 1.29 is 4.79 Å². The van der Waals surface area contributed by atoms with Crippen LogP contribution in [0.5, 0.6) is 0 Å². The number of fused-ring (bicyclic) bond motifs is 2. The second kappa shape index (κ2) is 6.19. The third-order valence-corrected chi connectivity index (χ3v) is 7.97. The van der Waals surface area contributed by atoms with Crippen LogP contribution in [0, 0.1) is 17.3 Å². The summed E-state index contributed by atoms with van der Waals surface area (Å²) in [5.74, 6) is 0.954. The summed E-state index contributed by atoms with van der Waals surface area (Å²) in [5.41, 5.74) is 5.96. The number of nitrogen functional groups attached to an aromatic ring is 1. The molecule has 2 aromatic rings. The third kappa shape index (κ3) is 2.79. The fraction of sp³-hybridized carbons (Fsp3) is 0.550. The van der Waals surface area contributed by atoms with Crippen molar-refractivity contribution in [1.29, 1.82) is 0 Å². The van der Waals surface area contributed by atoms with Crippen LogP contribution in [0.3, 0.4) is 0 Å². The van der Waals surface area contributed by atoms with Crippen LogP contribution in [0.25, 0.3) is 10.6 Å². The second-order valence-electron chi connectivity index (χ2n) is 8.60. The standard InChI is InChI=1S/C20H26N4O2S/c1-19(2)12-6-7-13(9-12)20(19,3)22-17(25)11-24-18(26)14(21)10-15(23-24)16-5-4-8-27-16/h4-5,8,10,12-13H,6-7,9,11,21H2,1-3H3,(H,22,25)/t12-,13-,20-/m0/s1. The van der Waals surface area contributed by atoms with Crippen molar-refractivity contribution >= 4 is 22.9 Å². The molecule has 0 aliphatic heterocycles. The molecule has 6 nitrogen and oxygen atoms in total. The molecule has 1 amide bonds. The Morgan fingerprint density at radius 1 is 1.37 bits per heavy atom. The van der Waals surface area contributed by atoms with Gasteiger partial charge in [-0.25, -0.2) is 4.68 Å². The van der Waals surface area contributed by atoms with Gasteiger partial charge in [-0.15, -0.1) is 11.3 Å². The molecule has 3 atom stereocenters. The average molecular weight is 387 g/mol. The van der Waals surface area contributed by atoms with Gasteiger partial charge in [-0.1, -0.05) is 19.9 Å². The maximum Gasteiger partial charge on any atom is 0.290 e. The quantitative estimate of drug-likeness (QED) is 0.845. The number of aromatic nitrogens is 2. The summed E-state index contributed by atoms with van der Waals surface area (Å²) in [7, 11) is 0. The molecule has 27 heavy (non-hydrogen) atoms. The van der Waals surface area contributed by atoms with Crippen molar-refractivity contribution in [3.8, 4) is 10.6 Å². The highest BCUT2D eigenvalue weighted by Crippen LogP contribution is 2.61. The zero-order valence-electron chi connectivity index (χ0n) is 16.0. The van der Waals surface area contributed by atoms with E-state index in [4.69, 9.17) is 5.73 Å². The van der Waals surface area contributed by atoms with E-state index in [1.807, 2.05) is 17.5 Å². The van der Waals surface area contributed by atoms with Crippen LogP contribution in [0.1, 0.15) is 40.0 Å². The summed E-state index contributed by atoms with van der Waals surface area (Å²) in [6, 6.07) is 5.40. The maximum atomic E-state index is 12.9. The van der Waals surface area contributed by atoms with Crippen LogP contribution in [0.4, 0.5) is 5.69 Å². The van der Waals surface area contributed by atoms with E-state index in [2.05, 4.69) is 31.2 Å². The van der Waals surface area contributed by atoms with E-state index in [0.29, 0.717) is 17.5 Å². The molecule has 2 saturated carbocycles. The average Bonchev–Trinajstić information content (AvgIpc) is 3.31. The second-order valence-corrected chi connectivity index (χ2v) is 9.55. The van der Waals surface area contributed by atoms with Crippen LogP contribution in [0.15, 0.2) is 28.4 Å². The van der Waals surface area contributed by atoms with E-state index >= 15 is 0 Å². The normalized spacial score (nSPS) is 28.4. The zero-order valence-corrected chi connectivity index (χ0v) is 16.8. The van der Waals surface area contributed by atoms with Gasteiger partial charge < -0.3 is 11.1 Å². The molecule has 0 unspecified atom stereocenters. The first-order chi connectivity index (χ1) is 12.7. The van der Waals surface area contributed by atoms with Gasteiger partial charge in [-0.05, 0) is 60.9 Å². The monoisotopic (exact) mass is 386 g/mol. The number of rotatable bonds is 4. The number of anilines is 1. The molecule has 2 bridgehead atoms. The molecule has 0 spiro atoms. The molecule has 2 aliphatic rings. The fourth-order valence-electron chi connectivity index (χ4n) is 5.05. The Labute approximate surface area is 162 Å². The van der Waals surface area contributed by atoms with Gasteiger partial charge in [0.25, 0.3) is 5.56 Å². The number of nitrogens with zero attached hydrogens (tertiary/aromatic N) is 2. The van der Waals surface area contributed by atoms with E-state index in [0.717, 1.165) is 11.3 Å². The van der Waals surface area contributed by atoms with Gasteiger partial charge >= 0.3 is 0 Å². The van der Waals surface area contributed by atoms with Crippen LogP contribution < -0.4 is 16.6 Å². The molecule has 3 N–H and O–H groups in total. The molecule has 2 fully saturated rings. The summed E-state index contributed by atoms with van der Waals surface area (Å²) in [5, 5.41) is 9.56. The molecule has 4 rings (SSSR count). The van der Waals surface area contributed by atoms with E-state index in [9.17, 15) is 9.59 Å². The van der Waals surface area contributed by atoms with Crippen LogP contribution >= 0.6 is 11.3 Å². The molecule has 144 valence electrons. The number of amides is 1. The van der Waals surface area contributed by atoms with Crippen molar-refractivity contribution in [3.05, 3.63) is 33.9 Å². The third-order valence-electron chi connectivity index (χ3n) is 7.08. The fourth-order valence-corrected chi connectivity index (χ4v) is 5.74. The van der Waals surface area contributed by atoms with Gasteiger partial charge in [-0.2, -0.15) is 5.10 Å². The summed E-state index contributed by atoms with van der Waals surface area (Å²) in [6.07, 6.45) is 3.57. The van der Waals surface area contributed by atoms with Crippen LogP contribution in [-0.4, -0.2) is 21.2 Å². The van der Waals surface area contributed by atoms with Crippen molar-refractivity contribution in [2.24, 2.45) is 17.3 Å². The lowest BCUT2D eigenvalue weighted by atomic mass is 9.64. The molecule has 0 saturated heterocycles. The lowest BCUT2D eigenvalue weighted by molar-refractivity contribution is -0.126. The van der Waals surface area contributed by atoms with E-state index in [1.54, 1.807) is 6.07 Å².